The highest BCUT2D eigenvalue weighted by molar-refractivity contribution is 7.71. The van der Waals surface area contributed by atoms with E-state index in [9.17, 15) is 4.79 Å². The highest BCUT2D eigenvalue weighted by Gasteiger charge is 2.12. The number of hydrogen-bond acceptors (Lipinski definition) is 4. The lowest BCUT2D eigenvalue weighted by Gasteiger charge is -2.07. The van der Waals surface area contributed by atoms with Crippen LogP contribution in [0, 0.1) is 4.77 Å². The summed E-state index contributed by atoms with van der Waals surface area (Å²) >= 11 is 7.17. The van der Waals surface area contributed by atoms with Crippen LogP contribution < -0.4 is 5.32 Å². The Morgan fingerprint density at radius 3 is 2.93 bits per heavy atom. The van der Waals surface area contributed by atoms with Crippen LogP contribution in [-0.4, -0.2) is 20.3 Å². The van der Waals surface area contributed by atoms with Crippen molar-refractivity contribution < 1.29 is 4.79 Å². The average molecular weight is 390 g/mol. The molecular formula is C20H14N4OS2. The molecule has 0 radical (unpaired) electrons. The van der Waals surface area contributed by atoms with Crippen LogP contribution in [0.1, 0.15) is 15.2 Å². The number of thiophene rings is 1. The van der Waals surface area contributed by atoms with E-state index in [1.165, 1.54) is 0 Å². The Hall–Kier alpha value is -3.03. The lowest BCUT2D eigenvalue weighted by molar-refractivity contribution is 0.0951. The van der Waals surface area contributed by atoms with Gasteiger partial charge < -0.3 is 10.3 Å². The van der Waals surface area contributed by atoms with Crippen LogP contribution in [0.5, 0.6) is 0 Å². The smallest absolute Gasteiger partial charge is 0.251 e. The van der Waals surface area contributed by atoms with Crippen molar-refractivity contribution in [3.63, 3.8) is 0 Å². The van der Waals surface area contributed by atoms with Crippen LogP contribution in [0.2, 0.25) is 0 Å². The largest absolute Gasteiger partial charge is 0.347 e. The van der Waals surface area contributed by atoms with E-state index in [1.807, 2.05) is 64.4 Å². The molecule has 0 atom stereocenters. The Balaban J connectivity index is 1.59. The van der Waals surface area contributed by atoms with Crippen LogP contribution in [0.25, 0.3) is 27.6 Å². The number of hydrogen-bond donors (Lipinski definition) is 2. The summed E-state index contributed by atoms with van der Waals surface area (Å²) in [6.07, 6.45) is 0. The molecule has 0 aliphatic carbocycles. The Bertz CT molecular complexity index is 1370. The van der Waals surface area contributed by atoms with E-state index in [-0.39, 0.29) is 5.91 Å². The summed E-state index contributed by atoms with van der Waals surface area (Å²) in [4.78, 5) is 21.6. The maximum absolute atomic E-state index is 12.5. The Morgan fingerprint density at radius 1 is 1.19 bits per heavy atom. The maximum Gasteiger partial charge on any atom is 0.251 e. The van der Waals surface area contributed by atoms with E-state index >= 15 is 0 Å². The van der Waals surface area contributed by atoms with E-state index < -0.39 is 0 Å². The van der Waals surface area contributed by atoms with E-state index in [4.69, 9.17) is 17.2 Å². The number of fused-ring (bicyclic) bond motifs is 5. The maximum atomic E-state index is 12.5. The second-order valence-corrected chi connectivity index (χ2v) is 7.63. The van der Waals surface area contributed by atoms with Gasteiger partial charge in [0, 0.05) is 15.8 Å². The van der Waals surface area contributed by atoms with Crippen LogP contribution in [-0.2, 0) is 6.54 Å². The van der Waals surface area contributed by atoms with Crippen molar-refractivity contribution in [2.75, 3.05) is 0 Å². The molecule has 5 nitrogen and oxygen atoms in total. The minimum Gasteiger partial charge on any atom is -0.347 e. The predicted molar refractivity (Wildman–Crippen MR) is 111 cm³/mol. The fourth-order valence-corrected chi connectivity index (χ4v) is 4.19. The zero-order valence-electron chi connectivity index (χ0n) is 14.1. The third-order valence-electron chi connectivity index (χ3n) is 4.53. The average Bonchev–Trinajstić information content (AvgIpc) is 3.33. The zero-order valence-corrected chi connectivity index (χ0v) is 15.7. The number of rotatable bonds is 3. The van der Waals surface area contributed by atoms with Gasteiger partial charge in [-0.15, -0.1) is 11.3 Å². The predicted octanol–water partition coefficient (Wildman–Crippen LogP) is 4.69. The molecule has 0 bridgehead atoms. The third-order valence-corrected chi connectivity index (χ3v) is 5.69. The number of H-pyrrole nitrogens is 1. The van der Waals surface area contributed by atoms with Crippen molar-refractivity contribution in [3.8, 4) is 0 Å². The number of aromatic amines is 1. The number of carbonyl (C=O) groups is 1. The summed E-state index contributed by atoms with van der Waals surface area (Å²) in [7, 11) is 0. The first-order valence-electron chi connectivity index (χ1n) is 8.44. The van der Waals surface area contributed by atoms with Crippen LogP contribution >= 0.6 is 23.6 Å². The SMILES string of the molecule is O=C(NCc1cccs1)c1ccc2c(c1)[nH]c(=S)n1c3ccccc3nc21. The van der Waals surface area contributed by atoms with Crippen molar-refractivity contribution in [3.05, 3.63) is 75.2 Å². The summed E-state index contributed by atoms with van der Waals surface area (Å²) in [5, 5.41) is 5.87. The monoisotopic (exact) mass is 390 g/mol. The topological polar surface area (TPSA) is 62.2 Å². The minimum absolute atomic E-state index is 0.113. The summed E-state index contributed by atoms with van der Waals surface area (Å²) in [6, 6.07) is 17.4. The van der Waals surface area contributed by atoms with E-state index in [0.29, 0.717) is 16.9 Å². The number of nitrogens with zero attached hydrogens (tertiary/aromatic N) is 2. The van der Waals surface area contributed by atoms with E-state index in [0.717, 1.165) is 32.5 Å². The Kier molecular flexibility index (Phi) is 3.77. The summed E-state index contributed by atoms with van der Waals surface area (Å²) < 4.78 is 2.49. The molecule has 3 aromatic heterocycles. The molecule has 0 fully saturated rings. The van der Waals surface area contributed by atoms with Crippen molar-refractivity contribution >= 4 is 57.0 Å². The number of aromatic nitrogens is 3. The van der Waals surface area contributed by atoms with Crippen molar-refractivity contribution in [1.29, 1.82) is 0 Å². The molecule has 7 heteroatoms. The van der Waals surface area contributed by atoms with E-state index in [1.54, 1.807) is 11.3 Å². The molecular weight excluding hydrogens is 376 g/mol. The molecule has 0 aliphatic rings. The fourth-order valence-electron chi connectivity index (χ4n) is 3.25. The van der Waals surface area contributed by atoms with Crippen molar-refractivity contribution in [2.24, 2.45) is 0 Å². The molecule has 0 aliphatic heterocycles. The zero-order chi connectivity index (χ0) is 18.4. The highest BCUT2D eigenvalue weighted by atomic mass is 32.1. The number of para-hydroxylation sites is 2. The molecule has 5 aromatic rings. The Morgan fingerprint density at radius 2 is 2.07 bits per heavy atom. The third kappa shape index (κ3) is 2.72. The molecule has 27 heavy (non-hydrogen) atoms. The van der Waals surface area contributed by atoms with Gasteiger partial charge in [-0.3, -0.25) is 9.20 Å². The van der Waals surface area contributed by atoms with Gasteiger partial charge in [0.1, 0.15) is 5.65 Å². The van der Waals surface area contributed by atoms with Gasteiger partial charge in [-0.05, 0) is 54.0 Å². The molecule has 0 unspecified atom stereocenters. The number of imidazole rings is 1. The molecule has 0 saturated heterocycles. The van der Waals surface area contributed by atoms with Gasteiger partial charge in [-0.1, -0.05) is 18.2 Å². The number of carbonyl (C=O) groups excluding carboxylic acids is 1. The standard InChI is InChI=1S/C20H14N4OS2/c25-19(21-11-13-4-3-9-27-13)12-7-8-14-16(10-12)23-20(26)24-17-6-2-1-5-15(17)22-18(14)24/h1-10H,11H2,(H,21,25)(H,23,26). The molecule has 132 valence electrons. The van der Waals surface area contributed by atoms with Crippen molar-refractivity contribution in [2.45, 2.75) is 6.54 Å². The van der Waals surface area contributed by atoms with Gasteiger partial charge in [-0.2, -0.15) is 0 Å². The van der Waals surface area contributed by atoms with E-state index in [2.05, 4.69) is 10.3 Å². The Labute approximate surface area is 163 Å². The van der Waals surface area contributed by atoms with Gasteiger partial charge in [0.2, 0.25) is 0 Å². The minimum atomic E-state index is -0.113. The second kappa shape index (κ2) is 6.29. The molecule has 5 rings (SSSR count). The molecule has 2 aromatic carbocycles. The van der Waals surface area contributed by atoms with Crippen LogP contribution in [0.3, 0.4) is 0 Å². The van der Waals surface area contributed by atoms with Crippen LogP contribution in [0.15, 0.2) is 60.0 Å². The lowest BCUT2D eigenvalue weighted by atomic mass is 10.1. The summed E-state index contributed by atoms with van der Waals surface area (Å²) in [5.74, 6) is -0.113. The number of amides is 1. The fraction of sp³-hybridized carbons (Fsp3) is 0.0500. The van der Waals surface area contributed by atoms with Gasteiger partial charge >= 0.3 is 0 Å². The first kappa shape index (κ1) is 16.2. The van der Waals surface area contributed by atoms with Gasteiger partial charge in [0.15, 0.2) is 4.77 Å². The first-order valence-corrected chi connectivity index (χ1v) is 9.73. The second-order valence-electron chi connectivity index (χ2n) is 6.21. The molecule has 0 saturated carbocycles. The first-order chi connectivity index (χ1) is 13.2. The normalized spacial score (nSPS) is 11.4. The highest BCUT2D eigenvalue weighted by Crippen LogP contribution is 2.24. The number of benzene rings is 2. The lowest BCUT2D eigenvalue weighted by Crippen LogP contribution is -2.22. The van der Waals surface area contributed by atoms with Gasteiger partial charge in [-0.25, -0.2) is 4.98 Å². The summed E-state index contributed by atoms with van der Waals surface area (Å²) in [5.41, 5.74) is 4.04. The number of nitrogens with one attached hydrogen (secondary N) is 2. The molecule has 2 N–H and O–H groups in total. The molecule has 1 amide bonds. The van der Waals surface area contributed by atoms with Gasteiger partial charge in [0.05, 0.1) is 23.1 Å². The quantitative estimate of drug-likeness (QED) is 0.439. The van der Waals surface area contributed by atoms with Crippen LogP contribution in [0.4, 0.5) is 0 Å². The molecule has 0 spiro atoms. The molecule has 3 heterocycles. The van der Waals surface area contributed by atoms with Crippen molar-refractivity contribution in [1.82, 2.24) is 19.7 Å². The summed E-state index contributed by atoms with van der Waals surface area (Å²) in [6.45, 7) is 0.523. The van der Waals surface area contributed by atoms with Gasteiger partial charge in [0.25, 0.3) is 5.91 Å².